The first-order chi connectivity index (χ1) is 11.6. The molecule has 3 heterocycles. The predicted molar refractivity (Wildman–Crippen MR) is 88.1 cm³/mol. The smallest absolute Gasteiger partial charge is 0.214 e. The van der Waals surface area contributed by atoms with E-state index in [2.05, 4.69) is 24.9 Å². The third-order valence-electron chi connectivity index (χ3n) is 5.06. The highest BCUT2D eigenvalue weighted by atomic mass is 32.2. The van der Waals surface area contributed by atoms with Gasteiger partial charge in [0.25, 0.3) is 0 Å². The van der Waals surface area contributed by atoms with Gasteiger partial charge < -0.3 is 4.98 Å². The van der Waals surface area contributed by atoms with Gasteiger partial charge in [0.05, 0.1) is 17.0 Å². The molecule has 2 aliphatic rings. The van der Waals surface area contributed by atoms with Crippen LogP contribution < -0.4 is 4.72 Å². The van der Waals surface area contributed by atoms with Crippen molar-refractivity contribution in [3.8, 4) is 0 Å². The molecular formula is C15H18N6O2S. The average molecular weight is 346 g/mol. The topological polar surface area (TPSA) is 105 Å². The van der Waals surface area contributed by atoms with Crippen molar-refractivity contribution in [2.45, 2.75) is 49.3 Å². The number of rotatable bonds is 4. The summed E-state index contributed by atoms with van der Waals surface area (Å²) in [5.41, 5.74) is 2.40. The molecule has 2 fully saturated rings. The van der Waals surface area contributed by atoms with Crippen LogP contribution >= 0.6 is 0 Å². The second-order valence-corrected chi connectivity index (χ2v) is 8.78. The zero-order chi connectivity index (χ0) is 16.3. The van der Waals surface area contributed by atoms with E-state index in [1.54, 1.807) is 6.20 Å². The molecule has 3 aromatic heterocycles. The monoisotopic (exact) mass is 346 g/mol. The van der Waals surface area contributed by atoms with Gasteiger partial charge in [0.2, 0.25) is 10.0 Å². The molecule has 2 saturated carbocycles. The molecule has 2 N–H and O–H groups in total. The first-order valence-corrected chi connectivity index (χ1v) is 9.85. The minimum atomic E-state index is -3.23. The van der Waals surface area contributed by atoms with Gasteiger partial charge in [-0.25, -0.2) is 18.1 Å². The maximum absolute atomic E-state index is 12.5. The van der Waals surface area contributed by atoms with Gasteiger partial charge in [-0.2, -0.15) is 0 Å². The van der Waals surface area contributed by atoms with Gasteiger partial charge in [0.1, 0.15) is 5.82 Å². The fourth-order valence-corrected chi connectivity index (χ4v) is 5.47. The van der Waals surface area contributed by atoms with Crippen LogP contribution in [-0.4, -0.2) is 44.3 Å². The Morgan fingerprint density at radius 2 is 2.08 bits per heavy atom. The fourth-order valence-electron chi connectivity index (χ4n) is 3.65. The summed E-state index contributed by atoms with van der Waals surface area (Å²) >= 11 is 0. The molecule has 0 spiro atoms. The number of aromatic amines is 1. The first-order valence-electron chi connectivity index (χ1n) is 8.30. The van der Waals surface area contributed by atoms with Gasteiger partial charge in [0, 0.05) is 18.2 Å². The van der Waals surface area contributed by atoms with Crippen LogP contribution in [0.1, 0.15) is 43.8 Å². The highest BCUT2D eigenvalue weighted by Crippen LogP contribution is 2.38. The number of aromatic nitrogens is 5. The molecule has 24 heavy (non-hydrogen) atoms. The summed E-state index contributed by atoms with van der Waals surface area (Å²) in [6, 6.07) is 2.11. The van der Waals surface area contributed by atoms with E-state index in [0.29, 0.717) is 18.5 Å². The summed E-state index contributed by atoms with van der Waals surface area (Å²) in [5, 5.41) is 8.22. The van der Waals surface area contributed by atoms with Crippen molar-refractivity contribution in [1.29, 1.82) is 0 Å². The summed E-state index contributed by atoms with van der Waals surface area (Å²) in [6.07, 6.45) is 7.52. The molecule has 0 aromatic carbocycles. The fraction of sp³-hybridized carbons (Fsp3) is 0.533. The van der Waals surface area contributed by atoms with Crippen LogP contribution in [0.5, 0.6) is 0 Å². The summed E-state index contributed by atoms with van der Waals surface area (Å²) in [4.78, 5) is 7.41. The predicted octanol–water partition coefficient (Wildman–Crippen LogP) is 1.32. The standard InChI is InChI=1S/C15H18N6O2S/c22-24(23,20-10-2-3-10)11-4-1-9(7-11)15-19-18-13-8-17-14-12(21(13)15)5-6-16-14/h5-6,8-11,16,20H,1-4,7H2/t9-,11?/m1/s1. The molecule has 0 radical (unpaired) electrons. The number of H-pyrrole nitrogens is 1. The molecule has 9 heteroatoms. The normalized spacial score (nSPS) is 25.0. The van der Waals surface area contributed by atoms with Crippen molar-refractivity contribution in [1.82, 2.24) is 29.3 Å². The Bertz CT molecular complexity index is 1020. The van der Waals surface area contributed by atoms with E-state index in [1.807, 2.05) is 16.7 Å². The third kappa shape index (κ3) is 2.22. The van der Waals surface area contributed by atoms with Crippen LogP contribution in [-0.2, 0) is 10.0 Å². The van der Waals surface area contributed by atoms with Crippen LogP contribution in [0.3, 0.4) is 0 Å². The second kappa shape index (κ2) is 5.00. The van der Waals surface area contributed by atoms with Gasteiger partial charge in [-0.1, -0.05) is 0 Å². The Labute approximate surface area is 138 Å². The van der Waals surface area contributed by atoms with Crippen LogP contribution in [0.4, 0.5) is 0 Å². The van der Waals surface area contributed by atoms with Crippen molar-refractivity contribution in [2.24, 2.45) is 0 Å². The number of hydrogen-bond acceptors (Lipinski definition) is 5. The number of sulfonamides is 1. The van der Waals surface area contributed by atoms with Crippen molar-refractivity contribution >= 4 is 26.8 Å². The molecule has 0 aliphatic heterocycles. The lowest BCUT2D eigenvalue weighted by Gasteiger charge is -2.12. The lowest BCUT2D eigenvalue weighted by Crippen LogP contribution is -2.34. The Kier molecular flexibility index (Phi) is 2.99. The molecule has 2 atom stereocenters. The van der Waals surface area contributed by atoms with Gasteiger partial charge in [0.15, 0.2) is 11.3 Å². The van der Waals surface area contributed by atoms with Gasteiger partial charge >= 0.3 is 0 Å². The number of fused-ring (bicyclic) bond motifs is 3. The molecule has 0 bridgehead atoms. The average Bonchev–Trinajstić information content (AvgIpc) is 3.02. The summed E-state index contributed by atoms with van der Waals surface area (Å²) in [7, 11) is -3.23. The molecular weight excluding hydrogens is 328 g/mol. The Hall–Kier alpha value is -2.00. The van der Waals surface area contributed by atoms with E-state index in [1.165, 1.54) is 0 Å². The lowest BCUT2D eigenvalue weighted by molar-refractivity contribution is 0.561. The SMILES string of the molecule is O=S(=O)(NC1CC1)C1CC[C@@H](c2nnc3cnc4[nH]ccc4n23)C1. The highest BCUT2D eigenvalue weighted by Gasteiger charge is 2.39. The van der Waals surface area contributed by atoms with Crippen molar-refractivity contribution < 1.29 is 8.42 Å². The summed E-state index contributed by atoms with van der Waals surface area (Å²) < 4.78 is 29.7. The molecule has 1 unspecified atom stereocenters. The first kappa shape index (κ1) is 14.4. The van der Waals surface area contributed by atoms with Crippen LogP contribution in [0.2, 0.25) is 0 Å². The van der Waals surface area contributed by atoms with E-state index in [0.717, 1.165) is 36.3 Å². The van der Waals surface area contributed by atoms with E-state index in [-0.39, 0.29) is 17.2 Å². The van der Waals surface area contributed by atoms with Crippen LogP contribution in [0.25, 0.3) is 16.8 Å². The quantitative estimate of drug-likeness (QED) is 0.741. The van der Waals surface area contributed by atoms with Gasteiger partial charge in [-0.3, -0.25) is 4.40 Å². The maximum atomic E-state index is 12.5. The summed E-state index contributed by atoms with van der Waals surface area (Å²) in [5.74, 6) is 0.933. The molecule has 0 amide bonds. The van der Waals surface area contributed by atoms with Crippen LogP contribution in [0.15, 0.2) is 18.5 Å². The number of nitrogens with zero attached hydrogens (tertiary/aromatic N) is 4. The molecule has 8 nitrogen and oxygen atoms in total. The zero-order valence-corrected chi connectivity index (χ0v) is 13.8. The largest absolute Gasteiger partial charge is 0.345 e. The van der Waals surface area contributed by atoms with Crippen molar-refractivity contribution in [2.75, 3.05) is 0 Å². The molecule has 5 rings (SSSR count). The third-order valence-corrected chi connectivity index (χ3v) is 7.03. The van der Waals surface area contributed by atoms with Crippen molar-refractivity contribution in [3.05, 3.63) is 24.3 Å². The summed E-state index contributed by atoms with van der Waals surface area (Å²) in [6.45, 7) is 0. The second-order valence-electron chi connectivity index (χ2n) is 6.79. The van der Waals surface area contributed by atoms with Crippen molar-refractivity contribution in [3.63, 3.8) is 0 Å². The lowest BCUT2D eigenvalue weighted by atomic mass is 10.1. The molecule has 2 aliphatic carbocycles. The number of hydrogen-bond donors (Lipinski definition) is 2. The zero-order valence-electron chi connectivity index (χ0n) is 13.0. The molecule has 0 saturated heterocycles. The Balaban J connectivity index is 1.49. The molecule has 3 aromatic rings. The maximum Gasteiger partial charge on any atom is 0.214 e. The highest BCUT2D eigenvalue weighted by molar-refractivity contribution is 7.90. The minimum absolute atomic E-state index is 0.0984. The van der Waals surface area contributed by atoms with Crippen LogP contribution in [0, 0.1) is 0 Å². The minimum Gasteiger partial charge on any atom is -0.345 e. The van der Waals surface area contributed by atoms with Gasteiger partial charge in [-0.15, -0.1) is 10.2 Å². The van der Waals surface area contributed by atoms with E-state index >= 15 is 0 Å². The number of nitrogens with one attached hydrogen (secondary N) is 2. The van der Waals surface area contributed by atoms with E-state index in [9.17, 15) is 8.42 Å². The Morgan fingerprint density at radius 1 is 1.21 bits per heavy atom. The molecule has 126 valence electrons. The van der Waals surface area contributed by atoms with E-state index < -0.39 is 10.0 Å². The van der Waals surface area contributed by atoms with E-state index in [4.69, 9.17) is 0 Å². The van der Waals surface area contributed by atoms with Gasteiger partial charge in [-0.05, 0) is 38.2 Å². The Morgan fingerprint density at radius 3 is 2.92 bits per heavy atom.